The van der Waals surface area contributed by atoms with Crippen LogP contribution in [0.5, 0.6) is 0 Å². The van der Waals surface area contributed by atoms with Crippen molar-refractivity contribution in [2.75, 3.05) is 0 Å². The van der Waals surface area contributed by atoms with Crippen LogP contribution in [0.3, 0.4) is 0 Å². The minimum absolute atomic E-state index is 0.957. The first-order valence-corrected chi connectivity index (χ1v) is 14.7. The van der Waals surface area contributed by atoms with Gasteiger partial charge < -0.3 is 0 Å². The van der Waals surface area contributed by atoms with Crippen molar-refractivity contribution in [3.8, 4) is 0 Å². The lowest BCUT2D eigenvalue weighted by Crippen LogP contribution is -1.99. The van der Waals surface area contributed by atoms with Gasteiger partial charge in [-0.25, -0.2) is 0 Å². The third-order valence-electron chi connectivity index (χ3n) is 7.24. The van der Waals surface area contributed by atoms with Gasteiger partial charge in [0.1, 0.15) is 0 Å². The van der Waals surface area contributed by atoms with Gasteiger partial charge in [-0.2, -0.15) is 0 Å². The Hall–Kier alpha value is 0. The zero-order valence-electron chi connectivity index (χ0n) is 22.1. The third kappa shape index (κ3) is 24.3. The van der Waals surface area contributed by atoms with Crippen molar-refractivity contribution in [3.05, 3.63) is 0 Å². The lowest BCUT2D eigenvalue weighted by molar-refractivity contribution is 0.390. The average molecular weight is 423 g/mol. The molecule has 0 aliphatic heterocycles. The summed E-state index contributed by atoms with van der Waals surface area (Å²) in [4.78, 5) is 0. The van der Waals surface area contributed by atoms with E-state index in [1.807, 2.05) is 0 Å². The van der Waals surface area contributed by atoms with E-state index >= 15 is 0 Å². The van der Waals surface area contributed by atoms with Crippen molar-refractivity contribution < 1.29 is 0 Å². The Morgan fingerprint density at radius 1 is 0.300 bits per heavy atom. The second kappa shape index (κ2) is 25.3. The van der Waals surface area contributed by atoms with Gasteiger partial charge >= 0.3 is 0 Å². The molecule has 0 saturated carbocycles. The standard InChI is InChI=1S/C30H62/c1-5-7-9-11-13-15-17-19-21-23-26-30(4)28-24-27-29(3)25-22-20-18-16-14-12-10-8-6-2/h29-30H,5-28H2,1-4H3. The van der Waals surface area contributed by atoms with Crippen LogP contribution in [0.1, 0.15) is 182 Å². The van der Waals surface area contributed by atoms with Crippen LogP contribution >= 0.6 is 0 Å². The Bertz CT molecular complexity index is 294. The van der Waals surface area contributed by atoms with Crippen molar-refractivity contribution in [2.45, 2.75) is 182 Å². The molecule has 0 aromatic heterocycles. The Morgan fingerprint density at radius 3 is 0.833 bits per heavy atom. The van der Waals surface area contributed by atoms with E-state index in [-0.39, 0.29) is 0 Å². The van der Waals surface area contributed by atoms with Gasteiger partial charge in [0.2, 0.25) is 0 Å². The van der Waals surface area contributed by atoms with Gasteiger partial charge in [-0.05, 0) is 11.8 Å². The molecule has 0 heteroatoms. The molecule has 0 amide bonds. The van der Waals surface area contributed by atoms with Crippen LogP contribution in [0, 0.1) is 11.8 Å². The maximum absolute atomic E-state index is 2.50. The largest absolute Gasteiger partial charge is 0.0654 e. The molecule has 30 heavy (non-hydrogen) atoms. The maximum atomic E-state index is 2.50. The molecule has 0 aromatic rings. The molecule has 0 heterocycles. The van der Waals surface area contributed by atoms with Crippen LogP contribution in [-0.2, 0) is 0 Å². The number of rotatable bonds is 25. The Kier molecular flexibility index (Phi) is 25.3. The van der Waals surface area contributed by atoms with E-state index in [4.69, 9.17) is 0 Å². The summed E-state index contributed by atoms with van der Waals surface area (Å²) in [6.07, 6.45) is 35.1. The van der Waals surface area contributed by atoms with Crippen LogP contribution in [0.2, 0.25) is 0 Å². The number of unbranched alkanes of at least 4 members (excludes halogenated alkanes) is 17. The molecule has 0 N–H and O–H groups in total. The Balaban J connectivity index is 3.28. The predicted molar refractivity (Wildman–Crippen MR) is 140 cm³/mol. The summed E-state index contributed by atoms with van der Waals surface area (Å²) in [7, 11) is 0. The monoisotopic (exact) mass is 422 g/mol. The second-order valence-electron chi connectivity index (χ2n) is 10.7. The quantitative estimate of drug-likeness (QED) is 0.128. The van der Waals surface area contributed by atoms with E-state index in [0.29, 0.717) is 0 Å². The number of hydrogen-bond acceptors (Lipinski definition) is 0. The fourth-order valence-electron chi connectivity index (χ4n) is 4.89. The molecule has 0 aliphatic rings. The van der Waals surface area contributed by atoms with E-state index < -0.39 is 0 Å². The molecule has 0 spiro atoms. The lowest BCUT2D eigenvalue weighted by atomic mass is 9.92. The van der Waals surface area contributed by atoms with Crippen LogP contribution in [-0.4, -0.2) is 0 Å². The van der Waals surface area contributed by atoms with E-state index in [1.165, 1.54) is 154 Å². The Labute approximate surface area is 193 Å². The zero-order chi connectivity index (χ0) is 22.1. The second-order valence-corrected chi connectivity index (χ2v) is 10.7. The van der Waals surface area contributed by atoms with Crippen molar-refractivity contribution >= 4 is 0 Å². The normalized spacial score (nSPS) is 13.6. The highest BCUT2D eigenvalue weighted by molar-refractivity contribution is 4.59. The van der Waals surface area contributed by atoms with Crippen molar-refractivity contribution in [2.24, 2.45) is 11.8 Å². The predicted octanol–water partition coefficient (Wildman–Crippen LogP) is 11.7. The summed E-state index contributed by atoms with van der Waals surface area (Å²) in [5.74, 6) is 1.91. The number of hydrogen-bond donors (Lipinski definition) is 0. The summed E-state index contributed by atoms with van der Waals surface area (Å²) >= 11 is 0. The average Bonchev–Trinajstić information content (AvgIpc) is 2.74. The van der Waals surface area contributed by atoms with Gasteiger partial charge in [0, 0.05) is 0 Å². The van der Waals surface area contributed by atoms with Crippen LogP contribution in [0.15, 0.2) is 0 Å². The van der Waals surface area contributed by atoms with Gasteiger partial charge in [0.25, 0.3) is 0 Å². The smallest absolute Gasteiger partial charge is 0.0443 e. The summed E-state index contributed by atoms with van der Waals surface area (Å²) in [5.41, 5.74) is 0. The van der Waals surface area contributed by atoms with Gasteiger partial charge in [-0.3, -0.25) is 0 Å². The first kappa shape index (κ1) is 30.0. The molecule has 182 valence electrons. The fourth-order valence-corrected chi connectivity index (χ4v) is 4.89. The van der Waals surface area contributed by atoms with Crippen LogP contribution < -0.4 is 0 Å². The summed E-state index contributed by atoms with van der Waals surface area (Å²) in [6.45, 7) is 9.61. The summed E-state index contributed by atoms with van der Waals surface area (Å²) < 4.78 is 0. The fraction of sp³-hybridized carbons (Fsp3) is 1.00. The van der Waals surface area contributed by atoms with E-state index in [0.717, 1.165) is 11.8 Å². The minimum Gasteiger partial charge on any atom is -0.0654 e. The highest BCUT2D eigenvalue weighted by atomic mass is 14.1. The van der Waals surface area contributed by atoms with Crippen molar-refractivity contribution in [3.63, 3.8) is 0 Å². The van der Waals surface area contributed by atoms with E-state index in [2.05, 4.69) is 27.7 Å². The topological polar surface area (TPSA) is 0 Å². The first-order chi connectivity index (χ1) is 14.7. The molecule has 0 aromatic carbocycles. The maximum Gasteiger partial charge on any atom is -0.0443 e. The molecule has 0 rings (SSSR count). The highest BCUT2D eigenvalue weighted by Crippen LogP contribution is 2.22. The van der Waals surface area contributed by atoms with Gasteiger partial charge in [0.05, 0.1) is 0 Å². The van der Waals surface area contributed by atoms with E-state index in [9.17, 15) is 0 Å². The molecule has 2 atom stereocenters. The third-order valence-corrected chi connectivity index (χ3v) is 7.24. The van der Waals surface area contributed by atoms with Gasteiger partial charge in [0.15, 0.2) is 0 Å². The lowest BCUT2D eigenvalue weighted by Gasteiger charge is -2.14. The van der Waals surface area contributed by atoms with Crippen LogP contribution in [0.25, 0.3) is 0 Å². The van der Waals surface area contributed by atoms with E-state index in [1.54, 1.807) is 0 Å². The van der Waals surface area contributed by atoms with Crippen molar-refractivity contribution in [1.82, 2.24) is 0 Å². The summed E-state index contributed by atoms with van der Waals surface area (Å²) in [6, 6.07) is 0. The molecular weight excluding hydrogens is 360 g/mol. The molecule has 0 radical (unpaired) electrons. The van der Waals surface area contributed by atoms with Gasteiger partial charge in [-0.15, -0.1) is 0 Å². The minimum atomic E-state index is 0.957. The molecule has 2 unspecified atom stereocenters. The SMILES string of the molecule is CCCCCCCCCCCCC(C)CCCC(C)CCCCCCCCCCC. The van der Waals surface area contributed by atoms with Crippen LogP contribution in [0.4, 0.5) is 0 Å². The zero-order valence-corrected chi connectivity index (χ0v) is 22.1. The molecule has 0 aliphatic carbocycles. The molecule has 0 nitrogen and oxygen atoms in total. The molecule has 0 fully saturated rings. The highest BCUT2D eigenvalue weighted by Gasteiger charge is 2.06. The molecular formula is C30H62. The Morgan fingerprint density at radius 2 is 0.533 bits per heavy atom. The summed E-state index contributed by atoms with van der Waals surface area (Å²) in [5, 5.41) is 0. The van der Waals surface area contributed by atoms with Gasteiger partial charge in [-0.1, -0.05) is 182 Å². The molecule has 0 saturated heterocycles. The van der Waals surface area contributed by atoms with Crippen molar-refractivity contribution in [1.29, 1.82) is 0 Å². The first-order valence-electron chi connectivity index (χ1n) is 14.7. The molecule has 0 bridgehead atoms.